The molecule has 0 bridgehead atoms. The summed E-state index contributed by atoms with van der Waals surface area (Å²) in [4.78, 5) is 0. The summed E-state index contributed by atoms with van der Waals surface area (Å²) in [5.74, 6) is 0.771. The first-order valence-corrected chi connectivity index (χ1v) is 4.59. The molecule has 2 rings (SSSR count). The summed E-state index contributed by atoms with van der Waals surface area (Å²) in [7, 11) is 0. The third-order valence-corrected chi connectivity index (χ3v) is 2.65. The molecule has 2 N–H and O–H groups in total. The molecule has 72 valence electrons. The Kier molecular flexibility index (Phi) is 2.00. The summed E-state index contributed by atoms with van der Waals surface area (Å²) in [6.45, 7) is 5.64. The maximum absolute atomic E-state index is 5.88. The molecule has 0 amide bonds. The van der Waals surface area contributed by atoms with Crippen molar-refractivity contribution in [1.29, 1.82) is 0 Å². The van der Waals surface area contributed by atoms with Crippen molar-refractivity contribution in [3.63, 3.8) is 0 Å². The third-order valence-electron chi connectivity index (χ3n) is 2.65. The van der Waals surface area contributed by atoms with Crippen LogP contribution in [0.5, 0.6) is 0 Å². The Balaban J connectivity index is 2.14. The van der Waals surface area contributed by atoms with Gasteiger partial charge in [0.2, 0.25) is 0 Å². The average molecular weight is 181 g/mol. The second-order valence-electron chi connectivity index (χ2n) is 3.56. The largest absolute Gasteiger partial charge is 0.384 e. The normalized spacial score (nSPS) is 21.5. The molecule has 1 aromatic heterocycles. The summed E-state index contributed by atoms with van der Waals surface area (Å²) in [6, 6.07) is 0. The van der Waals surface area contributed by atoms with E-state index in [1.165, 1.54) is 0 Å². The summed E-state index contributed by atoms with van der Waals surface area (Å²) in [6.07, 6.45) is 1.44. The van der Waals surface area contributed by atoms with Crippen molar-refractivity contribution in [2.75, 3.05) is 12.3 Å². The number of nitrogens with zero attached hydrogens (tertiary/aromatic N) is 2. The molecule has 1 atom stereocenters. The maximum Gasteiger partial charge on any atom is 0.124 e. The molecule has 1 fully saturated rings. The van der Waals surface area contributed by atoms with Gasteiger partial charge < -0.3 is 10.5 Å². The maximum atomic E-state index is 5.88. The number of nitrogen functional groups attached to an aromatic ring is 1. The zero-order valence-corrected chi connectivity index (χ0v) is 8.08. The summed E-state index contributed by atoms with van der Waals surface area (Å²) < 4.78 is 7.16. The fourth-order valence-electron chi connectivity index (χ4n) is 1.45. The molecule has 1 aliphatic rings. The van der Waals surface area contributed by atoms with Crippen molar-refractivity contribution in [1.82, 2.24) is 9.78 Å². The second-order valence-corrected chi connectivity index (χ2v) is 3.56. The van der Waals surface area contributed by atoms with Gasteiger partial charge in [0, 0.05) is 12.2 Å². The number of aryl methyl sites for hydroxylation is 1. The van der Waals surface area contributed by atoms with E-state index in [1.807, 2.05) is 18.5 Å². The molecule has 4 nitrogen and oxygen atoms in total. The average Bonchev–Trinajstić information content (AvgIpc) is 2.26. The fraction of sp³-hybridized carbons (Fsp3) is 0.667. The van der Waals surface area contributed by atoms with E-state index in [0.717, 1.165) is 36.6 Å². The van der Waals surface area contributed by atoms with E-state index >= 15 is 0 Å². The van der Waals surface area contributed by atoms with E-state index in [0.29, 0.717) is 6.10 Å². The zero-order valence-electron chi connectivity index (χ0n) is 8.08. The Morgan fingerprint density at radius 2 is 2.31 bits per heavy atom. The SMILES string of the molecule is Cc1nn(CC2CCO2)c(N)c1C. The van der Waals surface area contributed by atoms with Crippen LogP contribution in [0.3, 0.4) is 0 Å². The van der Waals surface area contributed by atoms with Crippen molar-refractivity contribution in [2.45, 2.75) is 32.9 Å². The Bertz CT molecular complexity index is 315. The molecule has 1 saturated heterocycles. The highest BCUT2D eigenvalue weighted by atomic mass is 16.5. The van der Waals surface area contributed by atoms with Crippen LogP contribution in [-0.2, 0) is 11.3 Å². The molecule has 0 aromatic carbocycles. The molecular weight excluding hydrogens is 166 g/mol. The smallest absolute Gasteiger partial charge is 0.124 e. The standard InChI is InChI=1S/C9H15N3O/c1-6-7(2)11-12(9(6)10)5-8-3-4-13-8/h8H,3-5,10H2,1-2H3. The van der Waals surface area contributed by atoms with Gasteiger partial charge in [-0.3, -0.25) is 0 Å². The summed E-state index contributed by atoms with van der Waals surface area (Å²) >= 11 is 0. The number of aromatic nitrogens is 2. The Morgan fingerprint density at radius 3 is 2.69 bits per heavy atom. The third kappa shape index (κ3) is 1.42. The van der Waals surface area contributed by atoms with Gasteiger partial charge in [-0.05, 0) is 20.3 Å². The van der Waals surface area contributed by atoms with Crippen molar-refractivity contribution < 1.29 is 4.74 Å². The molecule has 0 aliphatic carbocycles. The highest BCUT2D eigenvalue weighted by Crippen LogP contribution is 2.18. The van der Waals surface area contributed by atoms with Crippen LogP contribution in [0.25, 0.3) is 0 Å². The predicted molar refractivity (Wildman–Crippen MR) is 50.5 cm³/mol. The number of hydrogen-bond donors (Lipinski definition) is 1. The van der Waals surface area contributed by atoms with Crippen molar-refractivity contribution in [3.05, 3.63) is 11.3 Å². The van der Waals surface area contributed by atoms with Gasteiger partial charge in [0.05, 0.1) is 18.3 Å². The first kappa shape index (κ1) is 8.56. The minimum absolute atomic E-state index is 0.320. The minimum atomic E-state index is 0.320. The first-order valence-electron chi connectivity index (χ1n) is 4.59. The van der Waals surface area contributed by atoms with Gasteiger partial charge in [-0.15, -0.1) is 0 Å². The number of ether oxygens (including phenoxy) is 1. The zero-order chi connectivity index (χ0) is 9.42. The van der Waals surface area contributed by atoms with E-state index in [9.17, 15) is 0 Å². The van der Waals surface area contributed by atoms with Gasteiger partial charge in [-0.2, -0.15) is 5.10 Å². The van der Waals surface area contributed by atoms with E-state index in [2.05, 4.69) is 5.10 Å². The van der Waals surface area contributed by atoms with Crippen LogP contribution in [0.4, 0.5) is 5.82 Å². The molecule has 1 aliphatic heterocycles. The molecule has 13 heavy (non-hydrogen) atoms. The van der Waals surface area contributed by atoms with Crippen LogP contribution >= 0.6 is 0 Å². The van der Waals surface area contributed by atoms with Gasteiger partial charge in [-0.25, -0.2) is 4.68 Å². The lowest BCUT2D eigenvalue weighted by Crippen LogP contribution is -2.32. The van der Waals surface area contributed by atoms with Crippen LogP contribution in [-0.4, -0.2) is 22.5 Å². The Labute approximate surface area is 77.7 Å². The van der Waals surface area contributed by atoms with Crippen molar-refractivity contribution in [2.24, 2.45) is 0 Å². The topological polar surface area (TPSA) is 53.1 Å². The number of hydrogen-bond acceptors (Lipinski definition) is 3. The molecule has 4 heteroatoms. The lowest BCUT2D eigenvalue weighted by atomic mass is 10.2. The summed E-state index contributed by atoms with van der Waals surface area (Å²) in [5.41, 5.74) is 7.97. The van der Waals surface area contributed by atoms with Crippen molar-refractivity contribution >= 4 is 5.82 Å². The van der Waals surface area contributed by atoms with E-state index < -0.39 is 0 Å². The van der Waals surface area contributed by atoms with Crippen LogP contribution in [0.2, 0.25) is 0 Å². The molecule has 0 saturated carbocycles. The van der Waals surface area contributed by atoms with Crippen LogP contribution < -0.4 is 5.73 Å². The monoisotopic (exact) mass is 181 g/mol. The number of nitrogens with two attached hydrogens (primary N) is 1. The first-order chi connectivity index (χ1) is 6.18. The minimum Gasteiger partial charge on any atom is -0.384 e. The fourth-order valence-corrected chi connectivity index (χ4v) is 1.45. The van der Waals surface area contributed by atoms with Crippen LogP contribution in [0.1, 0.15) is 17.7 Å². The van der Waals surface area contributed by atoms with Gasteiger partial charge in [-0.1, -0.05) is 0 Å². The lowest BCUT2D eigenvalue weighted by Gasteiger charge is -2.26. The molecule has 1 unspecified atom stereocenters. The molecule has 2 heterocycles. The lowest BCUT2D eigenvalue weighted by molar-refractivity contribution is -0.0606. The highest BCUT2D eigenvalue weighted by Gasteiger charge is 2.20. The Hall–Kier alpha value is -1.03. The second kappa shape index (κ2) is 3.03. The molecular formula is C9H15N3O. The Morgan fingerprint density at radius 1 is 1.62 bits per heavy atom. The van der Waals surface area contributed by atoms with Gasteiger partial charge in [0.25, 0.3) is 0 Å². The quantitative estimate of drug-likeness (QED) is 0.736. The van der Waals surface area contributed by atoms with Gasteiger partial charge in [0.1, 0.15) is 5.82 Å². The predicted octanol–water partition coefficient (Wildman–Crippen LogP) is 0.871. The van der Waals surface area contributed by atoms with Crippen LogP contribution in [0, 0.1) is 13.8 Å². The van der Waals surface area contributed by atoms with E-state index in [1.54, 1.807) is 0 Å². The van der Waals surface area contributed by atoms with Crippen molar-refractivity contribution in [3.8, 4) is 0 Å². The molecule has 0 radical (unpaired) electrons. The van der Waals surface area contributed by atoms with Crippen LogP contribution in [0.15, 0.2) is 0 Å². The number of anilines is 1. The number of rotatable bonds is 2. The van der Waals surface area contributed by atoms with E-state index in [4.69, 9.17) is 10.5 Å². The van der Waals surface area contributed by atoms with E-state index in [-0.39, 0.29) is 0 Å². The van der Waals surface area contributed by atoms with Gasteiger partial charge >= 0.3 is 0 Å². The highest BCUT2D eigenvalue weighted by molar-refractivity contribution is 5.41. The molecule has 0 spiro atoms. The summed E-state index contributed by atoms with van der Waals surface area (Å²) in [5, 5.41) is 4.34. The van der Waals surface area contributed by atoms with Gasteiger partial charge in [0.15, 0.2) is 0 Å². The molecule has 1 aromatic rings.